The number of ketones is 1. The van der Waals surface area contributed by atoms with Crippen molar-refractivity contribution >= 4 is 164 Å². The number of carboxylic acid groups (broad SMARTS) is 2. The van der Waals surface area contributed by atoms with Gasteiger partial charge >= 0.3 is 11.9 Å². The fourth-order valence-electron chi connectivity index (χ4n) is 17.0. The van der Waals surface area contributed by atoms with E-state index in [0.29, 0.717) is 48.6 Å². The van der Waals surface area contributed by atoms with Crippen LogP contribution in [0.5, 0.6) is 5.75 Å². The Morgan fingerprint density at radius 3 is 1.59 bits per heavy atom. The Hall–Kier alpha value is -13.8. The fourth-order valence-corrected chi connectivity index (χ4v) is 19.4. The Kier molecular flexibility index (Phi) is 40.4. The molecule has 0 unspecified atom stereocenters. The zero-order chi connectivity index (χ0) is 102. The number of hydrogen-bond acceptors (Lipinski definition) is 25. The first kappa shape index (κ1) is 108. The summed E-state index contributed by atoms with van der Waals surface area (Å²) in [4.78, 5) is 259. The van der Waals surface area contributed by atoms with Crippen molar-refractivity contribution in [1.29, 1.82) is 10.8 Å². The number of unbranched alkanes of at least 4 members (excludes halogenated alkanes) is 1. The van der Waals surface area contributed by atoms with E-state index in [1.165, 1.54) is 36.1 Å². The molecule has 0 radical (unpaired) electrons. The number of fused-ring (bicyclic) bond motifs is 7. The number of benzene rings is 4. The zero-order valence-electron chi connectivity index (χ0n) is 77.7. The van der Waals surface area contributed by atoms with Gasteiger partial charge in [0.2, 0.25) is 82.7 Å². The number of aliphatic hydroxyl groups excluding tert-OH is 1. The molecule has 2 saturated heterocycles. The number of aliphatic hydroxyl groups is 1. The minimum atomic E-state index is -1.96. The molecule has 0 saturated carbocycles. The number of primary amides is 1. The number of aliphatic carboxylic acids is 2. The van der Waals surface area contributed by atoms with Gasteiger partial charge in [-0.1, -0.05) is 111 Å². The highest BCUT2D eigenvalue weighted by molar-refractivity contribution is 8.15. The second kappa shape index (κ2) is 52.3. The minimum absolute atomic E-state index is 0.0109. The van der Waals surface area contributed by atoms with Gasteiger partial charge in [-0.2, -0.15) is 12.6 Å². The van der Waals surface area contributed by atoms with Crippen molar-refractivity contribution < 1.29 is 102 Å². The number of H-pyrrole nitrogens is 1. The largest absolute Gasteiger partial charge is 0.508 e. The van der Waals surface area contributed by atoms with Crippen molar-refractivity contribution in [2.24, 2.45) is 34.0 Å². The molecule has 45 heteroatoms. The number of rotatable bonds is 27. The maximum atomic E-state index is 15.8. The van der Waals surface area contributed by atoms with Crippen LogP contribution in [0.3, 0.4) is 0 Å². The number of nitrogens with zero attached hydrogens (tertiary/aromatic N) is 3. The number of carboxylic acids is 2. The molecule has 140 heavy (non-hydrogen) atoms. The quantitative estimate of drug-likeness (QED) is 0.0141. The summed E-state index contributed by atoms with van der Waals surface area (Å²) in [6.07, 6.45) is -3.75. The molecule has 2 aromatic heterocycles. The average molecular weight is 1990 g/mol. The van der Waals surface area contributed by atoms with E-state index in [-0.39, 0.29) is 146 Å². The van der Waals surface area contributed by atoms with Crippen LogP contribution >= 0.6 is 35.7 Å². The van der Waals surface area contributed by atoms with Crippen LogP contribution < -0.4 is 81.0 Å². The molecule has 2 fully saturated rings. The number of carbonyl (C=O) groups is 17. The van der Waals surface area contributed by atoms with Gasteiger partial charge in [-0.25, -0.2) is 0 Å². The monoisotopic (exact) mass is 1990 g/mol. The van der Waals surface area contributed by atoms with Crippen LogP contribution in [0.1, 0.15) is 150 Å². The van der Waals surface area contributed by atoms with Gasteiger partial charge in [-0.05, 0) is 135 Å². The lowest BCUT2D eigenvalue weighted by atomic mass is 9.91. The van der Waals surface area contributed by atoms with E-state index in [1.807, 2.05) is 0 Å². The second-order valence-corrected chi connectivity index (χ2v) is 38.0. The van der Waals surface area contributed by atoms with Crippen molar-refractivity contribution in [2.45, 2.75) is 240 Å². The molecule has 0 spiro atoms. The number of amides is 14. The summed E-state index contributed by atoms with van der Waals surface area (Å²) in [7, 11) is 0. The summed E-state index contributed by atoms with van der Waals surface area (Å²) in [5.41, 5.74) is 20.4. The number of hydrogen-bond donors (Lipinski definition) is 23. The number of aromatic hydroxyl groups is 1. The summed E-state index contributed by atoms with van der Waals surface area (Å²) in [5, 5.41) is 92.3. The number of thiol groups is 1. The number of thiophene rings is 1. The smallest absolute Gasteiger partial charge is 0.305 e. The number of carbonyl (C=O) groups excluding carboxylic acids is 15. The van der Waals surface area contributed by atoms with Crippen LogP contribution in [0.2, 0.25) is 0 Å². The summed E-state index contributed by atoms with van der Waals surface area (Å²) >= 11 is 6.57. The van der Waals surface area contributed by atoms with Crippen LogP contribution in [-0.4, -0.2) is 274 Å². The lowest BCUT2D eigenvalue weighted by Gasteiger charge is -2.32. The molecule has 14 amide bonds. The summed E-state index contributed by atoms with van der Waals surface area (Å²) in [6, 6.07) is 9.54. The Labute approximate surface area is 820 Å². The number of thioether (sulfide) groups is 1. The topological polar surface area (TPSA) is 676 Å². The van der Waals surface area contributed by atoms with Crippen LogP contribution in [0.15, 0.2) is 132 Å². The number of aromatic nitrogens is 1. The number of amidine groups is 1. The van der Waals surface area contributed by atoms with Crippen LogP contribution in [0.4, 0.5) is 0 Å². The Morgan fingerprint density at radius 1 is 0.529 bits per heavy atom. The van der Waals surface area contributed by atoms with Gasteiger partial charge in [0.1, 0.15) is 89.3 Å². The predicted octanol–water partition coefficient (Wildman–Crippen LogP) is 0.155. The second-order valence-electron chi connectivity index (χ2n) is 35.7. The van der Waals surface area contributed by atoms with E-state index in [9.17, 15) is 68.4 Å². The number of phenolic OH excluding ortho intramolecular Hbond substituents is 1. The maximum Gasteiger partial charge on any atom is 0.305 e. The highest BCUT2D eigenvalue weighted by atomic mass is 32.2. The first-order valence-electron chi connectivity index (χ1n) is 46.4. The molecule has 6 heterocycles. The number of aliphatic imine (C=N–C) groups is 1. The normalized spacial score (nSPS) is 24.6. The van der Waals surface area contributed by atoms with Crippen molar-refractivity contribution in [3.63, 3.8) is 0 Å². The van der Waals surface area contributed by atoms with Gasteiger partial charge in [0.05, 0.1) is 35.2 Å². The van der Waals surface area contributed by atoms with E-state index in [1.54, 1.807) is 116 Å². The Morgan fingerprint density at radius 2 is 1.02 bits per heavy atom. The molecule has 10 rings (SSSR count). The number of guanidine groups is 1. The van der Waals surface area contributed by atoms with Crippen LogP contribution in [-0.2, 0) is 114 Å². The first-order valence-corrected chi connectivity index (χ1v) is 48.9. The molecular formula is C95H123N21O21S3. The van der Waals surface area contributed by atoms with Gasteiger partial charge in [0, 0.05) is 99.6 Å². The molecular weight excluding hydrogens is 1870 g/mol. The molecule has 6 aromatic rings. The molecule has 0 aliphatic carbocycles. The van der Waals surface area contributed by atoms with E-state index in [4.69, 9.17) is 28.0 Å². The van der Waals surface area contributed by atoms with Gasteiger partial charge in [0.25, 0.3) is 0 Å². The summed E-state index contributed by atoms with van der Waals surface area (Å²) in [5.74, 6) is -20.5. The third-order valence-electron chi connectivity index (χ3n) is 24.4. The average Bonchev–Trinajstić information content (AvgIpc) is 1.66. The van der Waals surface area contributed by atoms with Crippen molar-refractivity contribution in [3.05, 3.63) is 160 Å². The Bertz CT molecular complexity index is 5510. The zero-order valence-corrected chi connectivity index (χ0v) is 80.2. The molecule has 752 valence electrons. The van der Waals surface area contributed by atoms with Crippen molar-refractivity contribution in [1.82, 2.24) is 78.6 Å². The van der Waals surface area contributed by atoms with Crippen molar-refractivity contribution in [2.75, 3.05) is 31.1 Å². The Balaban J connectivity index is 1.00. The lowest BCUT2D eigenvalue weighted by molar-refractivity contribution is -0.146. The van der Waals surface area contributed by atoms with E-state index in [2.05, 4.69) is 86.4 Å². The van der Waals surface area contributed by atoms with Crippen LogP contribution in [0, 0.1) is 22.7 Å². The van der Waals surface area contributed by atoms with Crippen LogP contribution in [0.25, 0.3) is 10.9 Å². The van der Waals surface area contributed by atoms with Gasteiger partial charge in [-0.3, -0.25) is 97.3 Å². The standard InChI is InChI=1S/C95H123N21O21S3/c1-50(2)37-65-85(129)109-67(39-53-19-8-5-9-20-53)86(130)104-62(24-14-34-101-95(99)100)82(126)103-61(23-12-13-27-77(96)97)83(127)106-64(80(98)124)41-55-42-76(139-48-55)92-114-72(49-140-92)90(134)105-63(32-33-78(120)121)84(128)108-68(40-54-28-30-57(118)31-29-54)88(132)113-71(47-138)89(133)112-70(45-79(122)123)94(137)115-35-15-25-73(115)75(119)44-59(51(3)117)81(125)107-66(38-52-17-6-4-7-18-52)87(131)111-69(43-56-46-102-60-22-11-10-21-58(56)60)93(136)116-36-16-26-74(116)91(135)110-65/h4-11,17-22,28-31,42,46,48,50-51,59,61-74,102,117-118,138H,12-16,23-27,32-41,43-45,47,49H2,1-3H3,(H3,96,97)(H2,98,124)(H,103,126)(H,104,130)(H,105,134)(H,106,127)(H,107,125)(H,108,128)(H,109,129)(H,110,135)(H,111,131)(H,112,133)(H,113,132)(H,120,121)(H,122,123)(H4,99,100,101)/t51-,59-,61-,62-,63-,64-,65-,66-,67-,68-,69-,70-,71-,72-,73-,74-/m0/s1. The van der Waals surface area contributed by atoms with Crippen molar-refractivity contribution in [3.8, 4) is 5.75 Å². The summed E-state index contributed by atoms with van der Waals surface area (Å²) in [6.45, 7) is 4.59. The van der Waals surface area contributed by atoms with E-state index in [0.717, 1.165) is 28.0 Å². The number of para-hydroxylation sites is 1. The molecule has 42 nitrogen and oxygen atoms in total. The predicted molar refractivity (Wildman–Crippen MR) is 522 cm³/mol. The fraction of sp³-hybridized carbons (Fsp3) is 0.474. The first-order chi connectivity index (χ1) is 66.8. The van der Waals surface area contributed by atoms with E-state index < -0.39 is 234 Å². The molecule has 16 atom stereocenters. The highest BCUT2D eigenvalue weighted by Gasteiger charge is 2.46. The number of phenols is 1. The number of Topliss-reactive ketones (excluding diaryl/α,β-unsaturated/α-hetero) is 1. The molecule has 4 bridgehead atoms. The molecule has 4 aliphatic rings. The maximum absolute atomic E-state index is 15.8. The summed E-state index contributed by atoms with van der Waals surface area (Å²) < 4.78 is 0. The van der Waals surface area contributed by atoms with E-state index >= 15 is 33.6 Å². The highest BCUT2D eigenvalue weighted by Crippen LogP contribution is 2.31. The van der Waals surface area contributed by atoms with Gasteiger partial charge in [0.15, 0.2) is 11.7 Å². The molecule has 4 aromatic carbocycles. The number of nitrogens with one attached hydrogen (secondary N) is 15. The van der Waals surface area contributed by atoms with Gasteiger partial charge < -0.3 is 116 Å². The SMILES string of the molecule is CC(C)C[C@@H]1NC(=O)[C@@H]2CCCN2C(=O)[C@H](Cc2c[nH]c3ccccc23)NC(=O)[C@H](Cc2ccccc2)NC(=O)[C@H]([C@H](C)O)CC(=O)[C@@H]2CCCN2C(=O)[C@H](CC(=O)O)NC(=O)[C@H](CS)NC(=O)[C@H](Cc2ccc(O)cc2)NC(=O)[C@H](CCC(=O)O)NC(=O)[C@@H]2CSC(=N2)c2cc(cs2)C[C@@H](C(N)=O)NC(=O)[C@H](CCCCC(=N)N)NC(=O)[C@H](CCCNC(=N)N)NC(=O)[C@H](Cc2ccccc2)NC1=O. The third kappa shape index (κ3) is 31.9. The van der Waals surface area contributed by atoms with Gasteiger partial charge in [-0.15, -0.1) is 23.1 Å². The number of nitrogens with two attached hydrogens (primary N) is 3. The third-order valence-corrected chi connectivity index (χ3v) is 27.0. The number of aromatic amines is 1. The molecule has 4 aliphatic heterocycles. The molecule has 25 N–H and O–H groups in total. The minimum Gasteiger partial charge on any atom is -0.508 e. The lowest BCUT2D eigenvalue weighted by Crippen LogP contribution is -2.61.